The number of nitrogens with zero attached hydrogens (tertiary/aromatic N) is 4. The summed E-state index contributed by atoms with van der Waals surface area (Å²) >= 11 is 0. The van der Waals surface area contributed by atoms with Crippen molar-refractivity contribution >= 4 is 0 Å². The van der Waals surface area contributed by atoms with Gasteiger partial charge in [-0.1, -0.05) is 25.4 Å². The zero-order valence-electron chi connectivity index (χ0n) is 10.2. The molecule has 1 aliphatic rings. The first-order chi connectivity index (χ1) is 7.67. The van der Waals surface area contributed by atoms with Gasteiger partial charge in [-0.3, -0.25) is 0 Å². The Morgan fingerprint density at radius 1 is 1.50 bits per heavy atom. The lowest BCUT2D eigenvalue weighted by molar-refractivity contribution is 0.0760. The molecule has 2 unspecified atom stereocenters. The van der Waals surface area contributed by atoms with E-state index in [9.17, 15) is 5.11 Å². The van der Waals surface area contributed by atoms with Gasteiger partial charge in [-0.15, -0.1) is 0 Å². The maximum Gasteiger partial charge on any atom is 0.0749 e. The minimum Gasteiger partial charge on any atom is -0.391 e. The molecule has 1 N–H and O–H groups in total. The third kappa shape index (κ3) is 4.00. The lowest BCUT2D eigenvalue weighted by Gasteiger charge is -2.33. The van der Waals surface area contributed by atoms with Gasteiger partial charge in [0.15, 0.2) is 0 Å². The van der Waals surface area contributed by atoms with Crippen LogP contribution >= 0.6 is 0 Å². The van der Waals surface area contributed by atoms with Crippen molar-refractivity contribution in [3.63, 3.8) is 0 Å². The molecule has 0 aromatic heterocycles. The van der Waals surface area contributed by atoms with Crippen LogP contribution in [0.25, 0.3) is 10.4 Å². The van der Waals surface area contributed by atoms with E-state index in [1.807, 2.05) is 0 Å². The first-order valence-corrected chi connectivity index (χ1v) is 6.12. The highest BCUT2D eigenvalue weighted by atomic mass is 16.3. The second kappa shape index (κ2) is 6.74. The van der Waals surface area contributed by atoms with Gasteiger partial charge in [-0.05, 0) is 37.4 Å². The van der Waals surface area contributed by atoms with E-state index in [0.717, 1.165) is 19.0 Å². The molecule has 1 heterocycles. The molecule has 0 radical (unpaired) electrons. The molecule has 2 atom stereocenters. The molecule has 5 heteroatoms. The molecule has 1 fully saturated rings. The Bertz CT molecular complexity index is 244. The average Bonchev–Trinajstić information content (AvgIpc) is 2.30. The zero-order valence-corrected chi connectivity index (χ0v) is 10.2. The number of hydrogen-bond donors (Lipinski definition) is 1. The van der Waals surface area contributed by atoms with Gasteiger partial charge >= 0.3 is 0 Å². The van der Waals surface area contributed by atoms with Crippen LogP contribution in [0.4, 0.5) is 0 Å². The van der Waals surface area contributed by atoms with E-state index in [1.165, 1.54) is 19.3 Å². The zero-order chi connectivity index (χ0) is 12.0. The number of piperidine rings is 1. The number of likely N-dealkylation sites (tertiary alicyclic amines) is 1. The van der Waals surface area contributed by atoms with Crippen molar-refractivity contribution < 1.29 is 5.11 Å². The molecule has 0 aromatic carbocycles. The van der Waals surface area contributed by atoms with Crippen molar-refractivity contribution in [1.82, 2.24) is 4.90 Å². The Morgan fingerprint density at radius 2 is 2.12 bits per heavy atom. The van der Waals surface area contributed by atoms with Crippen molar-refractivity contribution in [2.24, 2.45) is 11.0 Å². The minimum atomic E-state index is -0.547. The lowest BCUT2D eigenvalue weighted by Crippen LogP contribution is -2.41. The number of hydrogen-bond acceptors (Lipinski definition) is 3. The van der Waals surface area contributed by atoms with Crippen LogP contribution in [0, 0.1) is 5.92 Å². The third-order valence-electron chi connectivity index (χ3n) is 3.52. The van der Waals surface area contributed by atoms with Crippen molar-refractivity contribution in [3.05, 3.63) is 10.4 Å². The second-order valence-electron chi connectivity index (χ2n) is 4.67. The summed E-state index contributed by atoms with van der Waals surface area (Å²) in [6.45, 7) is 6.72. The van der Waals surface area contributed by atoms with Crippen LogP contribution in [-0.4, -0.2) is 41.8 Å². The molecule has 1 rings (SSSR count). The van der Waals surface area contributed by atoms with Crippen molar-refractivity contribution in [3.8, 4) is 0 Å². The molecule has 92 valence electrons. The van der Waals surface area contributed by atoms with Crippen molar-refractivity contribution in [2.45, 2.75) is 45.3 Å². The Balaban J connectivity index is 2.30. The molecule has 0 saturated carbocycles. The molecular formula is C11H22N4O. The van der Waals surface area contributed by atoms with Crippen LogP contribution in [0.15, 0.2) is 5.11 Å². The Labute approximate surface area is 97.1 Å². The van der Waals surface area contributed by atoms with Gasteiger partial charge in [-0.2, -0.15) is 0 Å². The summed E-state index contributed by atoms with van der Waals surface area (Å²) in [4.78, 5) is 4.99. The second-order valence-corrected chi connectivity index (χ2v) is 4.67. The number of aliphatic hydroxyl groups is 1. The van der Waals surface area contributed by atoms with Gasteiger partial charge in [0.2, 0.25) is 0 Å². The maximum atomic E-state index is 9.82. The molecule has 0 amide bonds. The van der Waals surface area contributed by atoms with E-state index < -0.39 is 6.10 Å². The number of β-amino-alcohol motifs (C(OH)–C–C–N with tert-alkyl or cyclic N) is 1. The van der Waals surface area contributed by atoms with E-state index in [2.05, 4.69) is 21.8 Å². The predicted molar refractivity (Wildman–Crippen MR) is 64.1 cm³/mol. The van der Waals surface area contributed by atoms with Crippen molar-refractivity contribution in [1.29, 1.82) is 0 Å². The van der Waals surface area contributed by atoms with Crippen LogP contribution in [0.2, 0.25) is 0 Å². The smallest absolute Gasteiger partial charge is 0.0749 e. The highest BCUT2D eigenvalue weighted by Gasteiger charge is 2.21. The van der Waals surface area contributed by atoms with E-state index >= 15 is 0 Å². The minimum absolute atomic E-state index is 0.339. The number of aliphatic hydroxyl groups excluding tert-OH is 1. The summed E-state index contributed by atoms with van der Waals surface area (Å²) in [6, 6.07) is -0.339. The van der Waals surface area contributed by atoms with Gasteiger partial charge in [0.1, 0.15) is 0 Å². The van der Waals surface area contributed by atoms with Gasteiger partial charge in [-0.25, -0.2) is 0 Å². The quantitative estimate of drug-likeness (QED) is 0.443. The third-order valence-corrected chi connectivity index (χ3v) is 3.52. The molecule has 0 aromatic rings. The molecule has 0 spiro atoms. The maximum absolute atomic E-state index is 9.82. The topological polar surface area (TPSA) is 72.2 Å². The fraction of sp³-hybridized carbons (Fsp3) is 1.00. The summed E-state index contributed by atoms with van der Waals surface area (Å²) in [5, 5.41) is 13.3. The first kappa shape index (κ1) is 13.3. The van der Waals surface area contributed by atoms with E-state index in [1.54, 1.807) is 6.92 Å². The summed E-state index contributed by atoms with van der Waals surface area (Å²) < 4.78 is 0. The normalized spacial score (nSPS) is 22.4. The predicted octanol–water partition coefficient (Wildman–Crippen LogP) is 2.17. The van der Waals surface area contributed by atoms with E-state index in [0.29, 0.717) is 6.54 Å². The molecule has 0 bridgehead atoms. The van der Waals surface area contributed by atoms with Crippen molar-refractivity contribution in [2.75, 3.05) is 19.6 Å². The Morgan fingerprint density at radius 3 is 2.62 bits per heavy atom. The molecule has 1 saturated heterocycles. The summed E-state index contributed by atoms with van der Waals surface area (Å²) in [5.74, 6) is 0.850. The SMILES string of the molecule is CCC1CCN(CC(O)C(C)N=[N+]=[N-])CC1. The molecular weight excluding hydrogens is 204 g/mol. The number of azide groups is 1. The number of rotatable bonds is 5. The lowest BCUT2D eigenvalue weighted by atomic mass is 9.94. The summed E-state index contributed by atoms with van der Waals surface area (Å²) in [5.41, 5.74) is 8.29. The van der Waals surface area contributed by atoms with Crippen LogP contribution in [-0.2, 0) is 0 Å². The molecule has 1 aliphatic heterocycles. The largest absolute Gasteiger partial charge is 0.391 e. The molecule has 16 heavy (non-hydrogen) atoms. The van der Waals surface area contributed by atoms with Crippen LogP contribution in [0.5, 0.6) is 0 Å². The fourth-order valence-electron chi connectivity index (χ4n) is 2.15. The van der Waals surface area contributed by atoms with Crippen LogP contribution in [0.3, 0.4) is 0 Å². The monoisotopic (exact) mass is 226 g/mol. The van der Waals surface area contributed by atoms with E-state index in [-0.39, 0.29) is 6.04 Å². The Hall–Kier alpha value is -0.770. The van der Waals surface area contributed by atoms with Crippen LogP contribution < -0.4 is 0 Å². The first-order valence-electron chi connectivity index (χ1n) is 6.12. The summed E-state index contributed by atoms with van der Waals surface area (Å²) in [6.07, 6.45) is 3.15. The Kier molecular flexibility index (Phi) is 5.60. The van der Waals surface area contributed by atoms with Gasteiger partial charge in [0.05, 0.1) is 12.1 Å². The van der Waals surface area contributed by atoms with Gasteiger partial charge < -0.3 is 10.0 Å². The standard InChI is InChI=1S/C11H22N4O/c1-3-10-4-6-15(7-5-10)8-11(16)9(2)13-14-12/h9-11,16H,3-8H2,1-2H3. The highest BCUT2D eigenvalue weighted by molar-refractivity contribution is 4.78. The van der Waals surface area contributed by atoms with Gasteiger partial charge in [0.25, 0.3) is 0 Å². The van der Waals surface area contributed by atoms with Crippen LogP contribution in [0.1, 0.15) is 33.1 Å². The fourth-order valence-corrected chi connectivity index (χ4v) is 2.15. The summed E-state index contributed by atoms with van der Waals surface area (Å²) in [7, 11) is 0. The molecule has 5 nitrogen and oxygen atoms in total. The van der Waals surface area contributed by atoms with E-state index in [4.69, 9.17) is 5.53 Å². The van der Waals surface area contributed by atoms with Gasteiger partial charge in [0, 0.05) is 11.5 Å². The highest BCUT2D eigenvalue weighted by Crippen LogP contribution is 2.20. The molecule has 0 aliphatic carbocycles. The average molecular weight is 226 g/mol.